The van der Waals surface area contributed by atoms with Crippen LogP contribution in [0.3, 0.4) is 0 Å². The van der Waals surface area contributed by atoms with E-state index in [1.165, 1.54) is 26.6 Å². The Morgan fingerprint density at radius 2 is 1.67 bits per heavy atom. The normalized spacial score (nSPS) is 15.1. The number of hydrogen-bond acceptors (Lipinski definition) is 2. The van der Waals surface area contributed by atoms with Crippen molar-refractivity contribution >= 4 is 8.19 Å². The Hall–Kier alpha value is -0.750. The topological polar surface area (TPSA) is 18.5 Å². The van der Waals surface area contributed by atoms with Gasteiger partial charge in [0.15, 0.2) is 0 Å². The van der Waals surface area contributed by atoms with Gasteiger partial charge < -0.3 is 9.47 Å². The van der Waals surface area contributed by atoms with Gasteiger partial charge in [-0.05, 0) is 32.6 Å². The second kappa shape index (κ2) is 4.85. The van der Waals surface area contributed by atoms with E-state index >= 15 is 0 Å². The van der Waals surface area contributed by atoms with Crippen LogP contribution in [-0.2, 0) is 0 Å². The molecule has 1 aromatic rings. The minimum absolute atomic E-state index is 0.677. The highest BCUT2D eigenvalue weighted by Crippen LogP contribution is 2.49. The van der Waals surface area contributed by atoms with Gasteiger partial charge in [-0.15, -0.1) is 0 Å². The molecule has 0 unspecified atom stereocenters. The molecule has 0 radical (unpaired) electrons. The number of rotatable bonds is 5. The summed E-state index contributed by atoms with van der Waals surface area (Å²) in [6, 6.07) is 0. The van der Waals surface area contributed by atoms with Crippen LogP contribution in [0.15, 0.2) is 11.6 Å². The second-order valence-electron chi connectivity index (χ2n) is 3.69. The van der Waals surface area contributed by atoms with Crippen molar-refractivity contribution in [1.82, 2.24) is 0 Å². The summed E-state index contributed by atoms with van der Waals surface area (Å²) in [5, 5.41) is 0. The molecule has 1 heterocycles. The highest BCUT2D eigenvalue weighted by atomic mass is 31.0. The maximum absolute atomic E-state index is 5.67. The third-order valence-corrected chi connectivity index (χ3v) is 3.27. The molecule has 1 aliphatic rings. The quantitative estimate of drug-likeness (QED) is 0.754. The van der Waals surface area contributed by atoms with E-state index in [0.717, 1.165) is 24.7 Å². The van der Waals surface area contributed by atoms with Crippen molar-refractivity contribution in [1.29, 1.82) is 0 Å². The zero-order valence-electron chi connectivity index (χ0n) is 9.32. The third-order valence-electron chi connectivity index (χ3n) is 2.50. The van der Waals surface area contributed by atoms with Crippen LogP contribution in [0.2, 0.25) is 0 Å². The van der Waals surface area contributed by atoms with Gasteiger partial charge >= 0.3 is 0 Å². The van der Waals surface area contributed by atoms with Crippen LogP contribution in [0.4, 0.5) is 0 Å². The number of hydrogen-bond donors (Lipinski definition) is 0. The first-order valence-electron chi connectivity index (χ1n) is 5.60. The lowest BCUT2D eigenvalue weighted by molar-refractivity contribution is 0.318. The molecule has 0 aromatic carbocycles. The van der Waals surface area contributed by atoms with Crippen LogP contribution >= 0.6 is 8.19 Å². The summed E-state index contributed by atoms with van der Waals surface area (Å²) in [5.74, 6) is 7.05. The average Bonchev–Trinajstić information content (AvgIpc) is 3.03. The number of ether oxygens (including phenoxy) is 2. The molecular weight excluding hydrogens is 207 g/mol. The molecule has 15 heavy (non-hydrogen) atoms. The zero-order chi connectivity index (χ0) is 10.7. The van der Waals surface area contributed by atoms with Crippen LogP contribution < -0.4 is 9.47 Å². The van der Waals surface area contributed by atoms with Gasteiger partial charge in [-0.1, -0.05) is 8.19 Å². The van der Waals surface area contributed by atoms with Crippen LogP contribution in [0, 0.1) is 0 Å². The predicted octanol–water partition coefficient (Wildman–Crippen LogP) is 3.94. The van der Waals surface area contributed by atoms with Crippen molar-refractivity contribution in [2.75, 3.05) is 13.2 Å². The van der Waals surface area contributed by atoms with E-state index < -0.39 is 0 Å². The van der Waals surface area contributed by atoms with Crippen molar-refractivity contribution in [3.63, 3.8) is 0 Å². The summed E-state index contributed by atoms with van der Waals surface area (Å²) in [6.45, 7) is 5.52. The third kappa shape index (κ3) is 2.43. The van der Waals surface area contributed by atoms with Gasteiger partial charge in [0.25, 0.3) is 0 Å². The smallest absolute Gasteiger partial charge is 0.131 e. The van der Waals surface area contributed by atoms with Crippen molar-refractivity contribution in [2.24, 2.45) is 0 Å². The molecule has 0 spiro atoms. The Balaban J connectivity index is 2.31. The Kier molecular flexibility index (Phi) is 3.48. The van der Waals surface area contributed by atoms with E-state index in [4.69, 9.17) is 9.47 Å². The van der Waals surface area contributed by atoms with E-state index in [0.29, 0.717) is 5.92 Å². The fourth-order valence-corrected chi connectivity index (χ4v) is 2.52. The molecule has 3 heteroatoms. The van der Waals surface area contributed by atoms with E-state index in [1.807, 2.05) is 13.8 Å². The molecule has 1 aliphatic carbocycles. The van der Waals surface area contributed by atoms with Crippen molar-refractivity contribution < 1.29 is 9.47 Å². The molecule has 0 amide bonds. The molecule has 0 aliphatic heterocycles. The monoisotopic (exact) mass is 224 g/mol. The van der Waals surface area contributed by atoms with Crippen LogP contribution in [0.1, 0.15) is 38.2 Å². The molecule has 2 rings (SSSR count). The molecule has 0 bridgehead atoms. The van der Waals surface area contributed by atoms with Gasteiger partial charge in [-0.2, -0.15) is 0 Å². The first-order valence-corrected chi connectivity index (χ1v) is 6.63. The van der Waals surface area contributed by atoms with Gasteiger partial charge in [0.2, 0.25) is 0 Å². The highest BCUT2D eigenvalue weighted by molar-refractivity contribution is 7.28. The molecular formula is C12H17O2P. The zero-order valence-corrected chi connectivity index (χ0v) is 10.2. The summed E-state index contributed by atoms with van der Waals surface area (Å²) in [5.41, 5.74) is 1.30. The van der Waals surface area contributed by atoms with Gasteiger partial charge in [0.05, 0.1) is 13.2 Å². The molecule has 1 aromatic heterocycles. The van der Waals surface area contributed by atoms with Crippen molar-refractivity contribution in [2.45, 2.75) is 32.6 Å². The SMILES string of the molecule is CCOc1cpcc(OCC)c1C1CC1. The fraction of sp³-hybridized carbons (Fsp3) is 0.583. The first-order chi connectivity index (χ1) is 7.36. The fourth-order valence-electron chi connectivity index (χ4n) is 1.75. The molecule has 1 fully saturated rings. The van der Waals surface area contributed by atoms with Gasteiger partial charge in [-0.25, -0.2) is 0 Å². The van der Waals surface area contributed by atoms with E-state index in [-0.39, 0.29) is 0 Å². The van der Waals surface area contributed by atoms with Crippen molar-refractivity contribution in [3.05, 3.63) is 17.2 Å². The van der Waals surface area contributed by atoms with E-state index in [9.17, 15) is 0 Å². The van der Waals surface area contributed by atoms with E-state index in [2.05, 4.69) is 11.6 Å². The molecule has 0 saturated heterocycles. The summed E-state index contributed by atoms with van der Waals surface area (Å²) < 4.78 is 11.3. The highest BCUT2D eigenvalue weighted by Gasteiger charge is 2.30. The molecule has 82 valence electrons. The van der Waals surface area contributed by atoms with E-state index in [1.54, 1.807) is 0 Å². The Bertz CT molecular complexity index is 310. The lowest BCUT2D eigenvalue weighted by atomic mass is 10.1. The predicted molar refractivity (Wildman–Crippen MR) is 63.3 cm³/mol. The molecule has 2 nitrogen and oxygen atoms in total. The first kappa shape index (κ1) is 10.8. The molecule has 1 saturated carbocycles. The maximum Gasteiger partial charge on any atom is 0.131 e. The van der Waals surface area contributed by atoms with Gasteiger partial charge in [-0.3, -0.25) is 0 Å². The van der Waals surface area contributed by atoms with Gasteiger partial charge in [0, 0.05) is 17.2 Å². The Morgan fingerprint density at radius 3 is 2.07 bits per heavy atom. The van der Waals surface area contributed by atoms with Crippen LogP contribution in [0.25, 0.3) is 0 Å². The van der Waals surface area contributed by atoms with Gasteiger partial charge in [0.1, 0.15) is 11.5 Å². The van der Waals surface area contributed by atoms with Crippen LogP contribution in [0.5, 0.6) is 11.5 Å². The molecule has 0 N–H and O–H groups in total. The summed E-state index contributed by atoms with van der Waals surface area (Å²) in [7, 11) is 1.17. The van der Waals surface area contributed by atoms with Crippen LogP contribution in [-0.4, -0.2) is 13.2 Å². The minimum Gasteiger partial charge on any atom is -0.493 e. The lowest BCUT2D eigenvalue weighted by Crippen LogP contribution is -1.99. The van der Waals surface area contributed by atoms with Crippen molar-refractivity contribution in [3.8, 4) is 11.5 Å². The minimum atomic E-state index is 0.677. The average molecular weight is 224 g/mol. The Labute approximate surface area is 92.7 Å². The summed E-state index contributed by atoms with van der Waals surface area (Å²) >= 11 is 0. The summed E-state index contributed by atoms with van der Waals surface area (Å²) in [4.78, 5) is 0. The maximum atomic E-state index is 5.67. The molecule has 0 atom stereocenters. The standard InChI is InChI=1S/C12H17O2P/c1-3-13-10-7-15-8-11(14-4-2)12(10)9-5-6-9/h7-9H,3-6H2,1-2H3. The second-order valence-corrected chi connectivity index (χ2v) is 4.50. The largest absolute Gasteiger partial charge is 0.493 e. The lowest BCUT2D eigenvalue weighted by Gasteiger charge is -2.13. The summed E-state index contributed by atoms with van der Waals surface area (Å²) in [6.07, 6.45) is 2.56. The Morgan fingerprint density at radius 1 is 1.13 bits per heavy atom.